The van der Waals surface area contributed by atoms with Crippen LogP contribution in [0.2, 0.25) is 0 Å². The summed E-state index contributed by atoms with van der Waals surface area (Å²) in [5.41, 5.74) is 8.54. The van der Waals surface area contributed by atoms with E-state index in [0.717, 1.165) is 12.1 Å². The van der Waals surface area contributed by atoms with E-state index in [9.17, 15) is 4.39 Å². The zero-order chi connectivity index (χ0) is 15.2. The zero-order valence-corrected chi connectivity index (χ0v) is 12.5. The van der Waals surface area contributed by atoms with Crippen LogP contribution >= 0.6 is 0 Å². The first-order chi connectivity index (χ1) is 10.1. The predicted molar refractivity (Wildman–Crippen MR) is 82.5 cm³/mol. The maximum Gasteiger partial charge on any atom is 0.131 e. The highest BCUT2D eigenvalue weighted by Gasteiger charge is 2.08. The summed E-state index contributed by atoms with van der Waals surface area (Å²) in [6.07, 6.45) is 0. The molecule has 0 atom stereocenters. The Labute approximate surface area is 125 Å². The van der Waals surface area contributed by atoms with Gasteiger partial charge in [-0.25, -0.2) is 4.39 Å². The molecule has 2 rings (SSSR count). The molecule has 2 N–H and O–H groups in total. The molecular weight excluding hydrogens is 267 g/mol. The Balaban J connectivity index is 1.98. The van der Waals surface area contributed by atoms with Crippen LogP contribution in [-0.4, -0.2) is 19.1 Å². The first-order valence-corrected chi connectivity index (χ1v) is 6.91. The summed E-state index contributed by atoms with van der Waals surface area (Å²) in [7, 11) is 3.51. The fourth-order valence-electron chi connectivity index (χ4n) is 2.22. The van der Waals surface area contributed by atoms with E-state index in [1.54, 1.807) is 12.1 Å². The second-order valence-corrected chi connectivity index (χ2v) is 5.15. The summed E-state index contributed by atoms with van der Waals surface area (Å²) < 4.78 is 18.9. The van der Waals surface area contributed by atoms with Gasteiger partial charge in [-0.1, -0.05) is 30.3 Å². The third kappa shape index (κ3) is 4.28. The van der Waals surface area contributed by atoms with E-state index in [2.05, 4.69) is 17.0 Å². The summed E-state index contributed by atoms with van der Waals surface area (Å²) in [5, 5.41) is 0. The van der Waals surface area contributed by atoms with Gasteiger partial charge in [0.15, 0.2) is 0 Å². The Morgan fingerprint density at radius 1 is 1.05 bits per heavy atom. The zero-order valence-electron chi connectivity index (χ0n) is 12.5. The van der Waals surface area contributed by atoms with Gasteiger partial charge in [-0.3, -0.25) is 4.90 Å². The number of methoxy groups -OCH3 is 1. The number of nitrogens with zero attached hydrogens (tertiary/aromatic N) is 1. The molecule has 2 aromatic carbocycles. The monoisotopic (exact) mass is 288 g/mol. The van der Waals surface area contributed by atoms with Crippen molar-refractivity contribution in [1.82, 2.24) is 4.90 Å². The second kappa shape index (κ2) is 7.20. The molecule has 0 aliphatic rings. The van der Waals surface area contributed by atoms with Crippen molar-refractivity contribution in [2.24, 2.45) is 5.73 Å². The third-order valence-electron chi connectivity index (χ3n) is 3.41. The predicted octanol–water partition coefficient (Wildman–Crippen LogP) is 2.93. The molecule has 3 nitrogen and oxygen atoms in total. The van der Waals surface area contributed by atoms with Crippen molar-refractivity contribution in [3.63, 3.8) is 0 Å². The molecule has 0 amide bonds. The van der Waals surface area contributed by atoms with Crippen LogP contribution < -0.4 is 10.5 Å². The Kier molecular flexibility index (Phi) is 5.31. The first-order valence-electron chi connectivity index (χ1n) is 6.91. The van der Waals surface area contributed by atoms with Crippen molar-refractivity contribution in [2.45, 2.75) is 19.6 Å². The molecular formula is C17H21FN2O. The van der Waals surface area contributed by atoms with Gasteiger partial charge in [-0.2, -0.15) is 0 Å². The number of rotatable bonds is 6. The van der Waals surface area contributed by atoms with Gasteiger partial charge < -0.3 is 10.5 Å². The van der Waals surface area contributed by atoms with Gasteiger partial charge in [-0.15, -0.1) is 0 Å². The summed E-state index contributed by atoms with van der Waals surface area (Å²) in [6.45, 7) is 1.86. The van der Waals surface area contributed by atoms with Crippen LogP contribution in [0, 0.1) is 5.82 Å². The van der Waals surface area contributed by atoms with Crippen molar-refractivity contribution in [1.29, 1.82) is 0 Å². The van der Waals surface area contributed by atoms with Crippen LogP contribution in [0.25, 0.3) is 0 Å². The molecule has 4 heteroatoms. The topological polar surface area (TPSA) is 38.5 Å². The highest BCUT2D eigenvalue weighted by molar-refractivity contribution is 5.29. The summed E-state index contributed by atoms with van der Waals surface area (Å²) in [5.74, 6) is 0.302. The van der Waals surface area contributed by atoms with Gasteiger partial charge in [0.2, 0.25) is 0 Å². The third-order valence-corrected chi connectivity index (χ3v) is 3.41. The Bertz CT molecular complexity index is 584. The lowest BCUT2D eigenvalue weighted by Crippen LogP contribution is -2.18. The van der Waals surface area contributed by atoms with Crippen molar-refractivity contribution in [3.05, 3.63) is 65.0 Å². The summed E-state index contributed by atoms with van der Waals surface area (Å²) >= 11 is 0. The maximum atomic E-state index is 13.9. The molecule has 0 bridgehead atoms. The van der Waals surface area contributed by atoms with E-state index >= 15 is 0 Å². The molecule has 0 saturated heterocycles. The maximum absolute atomic E-state index is 13.9. The molecule has 0 aliphatic heterocycles. The Hall–Kier alpha value is -1.91. The van der Waals surface area contributed by atoms with E-state index in [4.69, 9.17) is 10.5 Å². The minimum atomic E-state index is -0.236. The molecule has 0 aromatic heterocycles. The van der Waals surface area contributed by atoms with Crippen LogP contribution in [0.3, 0.4) is 0 Å². The normalized spacial score (nSPS) is 10.9. The van der Waals surface area contributed by atoms with Crippen LogP contribution in [0.1, 0.15) is 16.7 Å². The van der Waals surface area contributed by atoms with Gasteiger partial charge >= 0.3 is 0 Å². The lowest BCUT2D eigenvalue weighted by atomic mass is 10.1. The molecule has 0 saturated carbocycles. The van der Waals surface area contributed by atoms with Crippen LogP contribution in [0.5, 0.6) is 5.75 Å². The highest BCUT2D eigenvalue weighted by atomic mass is 19.1. The minimum Gasteiger partial charge on any atom is -0.497 e. The van der Waals surface area contributed by atoms with Gasteiger partial charge in [0, 0.05) is 31.3 Å². The van der Waals surface area contributed by atoms with E-state index in [1.807, 2.05) is 19.2 Å². The minimum absolute atomic E-state index is 0.236. The quantitative estimate of drug-likeness (QED) is 0.888. The van der Waals surface area contributed by atoms with Crippen molar-refractivity contribution in [3.8, 4) is 5.75 Å². The molecule has 0 radical (unpaired) electrons. The van der Waals surface area contributed by atoms with Crippen molar-refractivity contribution >= 4 is 0 Å². The molecule has 0 spiro atoms. The van der Waals surface area contributed by atoms with Gasteiger partial charge in [-0.05, 0) is 24.2 Å². The molecule has 0 aliphatic carbocycles. The summed E-state index contributed by atoms with van der Waals surface area (Å²) in [6, 6.07) is 13.1. The smallest absolute Gasteiger partial charge is 0.131 e. The number of ether oxygens (including phenoxy) is 1. The van der Waals surface area contributed by atoms with Gasteiger partial charge in [0.1, 0.15) is 11.6 Å². The molecule has 112 valence electrons. The Morgan fingerprint density at radius 2 is 1.71 bits per heavy atom. The fourth-order valence-corrected chi connectivity index (χ4v) is 2.22. The number of hydrogen-bond acceptors (Lipinski definition) is 3. The summed E-state index contributed by atoms with van der Waals surface area (Å²) in [4.78, 5) is 2.07. The highest BCUT2D eigenvalue weighted by Crippen LogP contribution is 2.18. The van der Waals surface area contributed by atoms with Gasteiger partial charge in [0.25, 0.3) is 0 Å². The SMILES string of the molecule is COc1ccc(CN(C)Cc2ccc(CN)cc2)c(F)c1. The standard InChI is InChI=1S/C17H21FN2O/c1-20(11-14-5-3-13(10-19)4-6-14)12-15-7-8-16(21-2)9-17(15)18/h3-9H,10-12,19H2,1-2H3. The number of halogens is 1. The van der Waals surface area contributed by atoms with Crippen LogP contribution in [-0.2, 0) is 19.6 Å². The van der Waals surface area contributed by atoms with E-state index < -0.39 is 0 Å². The molecule has 2 aromatic rings. The first kappa shape index (κ1) is 15.5. The van der Waals surface area contributed by atoms with E-state index in [0.29, 0.717) is 24.4 Å². The lowest BCUT2D eigenvalue weighted by Gasteiger charge is -2.17. The van der Waals surface area contributed by atoms with E-state index in [-0.39, 0.29) is 5.82 Å². The fraction of sp³-hybridized carbons (Fsp3) is 0.294. The average molecular weight is 288 g/mol. The number of nitrogens with two attached hydrogens (primary N) is 1. The Morgan fingerprint density at radius 3 is 2.29 bits per heavy atom. The molecule has 0 fully saturated rings. The number of hydrogen-bond donors (Lipinski definition) is 1. The van der Waals surface area contributed by atoms with Crippen molar-refractivity contribution < 1.29 is 9.13 Å². The number of benzene rings is 2. The van der Waals surface area contributed by atoms with Crippen molar-refractivity contribution in [2.75, 3.05) is 14.2 Å². The van der Waals surface area contributed by atoms with E-state index in [1.165, 1.54) is 18.7 Å². The molecule has 21 heavy (non-hydrogen) atoms. The largest absolute Gasteiger partial charge is 0.497 e. The lowest BCUT2D eigenvalue weighted by molar-refractivity contribution is 0.313. The van der Waals surface area contributed by atoms with Crippen LogP contribution in [0.4, 0.5) is 4.39 Å². The van der Waals surface area contributed by atoms with Crippen LogP contribution in [0.15, 0.2) is 42.5 Å². The van der Waals surface area contributed by atoms with Gasteiger partial charge in [0.05, 0.1) is 7.11 Å². The molecule has 0 heterocycles. The molecule has 0 unspecified atom stereocenters. The average Bonchev–Trinajstić information content (AvgIpc) is 2.50. The second-order valence-electron chi connectivity index (χ2n) is 5.15.